The lowest BCUT2D eigenvalue weighted by Crippen LogP contribution is -2.36. The molecule has 10 nitrogen and oxygen atoms in total. The smallest absolute Gasteiger partial charge is 0.267 e. The number of rotatable bonds is 8. The first kappa shape index (κ1) is 26.6. The third-order valence-electron chi connectivity index (χ3n) is 6.48. The van der Waals surface area contributed by atoms with Crippen molar-refractivity contribution in [3.63, 3.8) is 0 Å². The average Bonchev–Trinajstić information content (AvgIpc) is 3.71. The molecule has 1 saturated heterocycles. The molecule has 2 amide bonds. The molecule has 1 atom stereocenters. The van der Waals surface area contributed by atoms with E-state index in [4.69, 9.17) is 5.73 Å². The second-order valence-electron chi connectivity index (χ2n) is 9.08. The second kappa shape index (κ2) is 11.8. The maximum Gasteiger partial charge on any atom is 0.267 e. The molecular weight excluding hydrogens is 580 g/mol. The molecule has 2 aromatic heterocycles. The molecule has 5 rings (SSSR count). The van der Waals surface area contributed by atoms with Gasteiger partial charge in [0.1, 0.15) is 10.7 Å². The zero-order valence-electron chi connectivity index (χ0n) is 21.1. The number of hydrogen-bond donors (Lipinski definition) is 4. The number of thiazole rings is 1. The van der Waals surface area contributed by atoms with Crippen LogP contribution in [0.25, 0.3) is 10.9 Å². The van der Waals surface area contributed by atoms with Crippen molar-refractivity contribution in [2.75, 3.05) is 18.4 Å². The monoisotopic (exact) mass is 606 g/mol. The Morgan fingerprint density at radius 3 is 2.90 bits per heavy atom. The average molecular weight is 608 g/mol. The molecule has 0 aliphatic carbocycles. The Hall–Kier alpha value is -4.03. The fourth-order valence-electron chi connectivity index (χ4n) is 4.46. The van der Waals surface area contributed by atoms with Gasteiger partial charge in [0.25, 0.3) is 5.91 Å². The number of halogens is 1. The van der Waals surface area contributed by atoms with Crippen LogP contribution in [-0.4, -0.2) is 50.8 Å². The molecule has 39 heavy (non-hydrogen) atoms. The van der Waals surface area contributed by atoms with Gasteiger partial charge in [0, 0.05) is 28.2 Å². The Bertz CT molecular complexity index is 1560. The molecule has 12 heteroatoms. The van der Waals surface area contributed by atoms with E-state index in [9.17, 15) is 9.59 Å². The summed E-state index contributed by atoms with van der Waals surface area (Å²) in [6.45, 7) is 2.71. The van der Waals surface area contributed by atoms with Crippen LogP contribution in [0.3, 0.4) is 0 Å². The summed E-state index contributed by atoms with van der Waals surface area (Å²) >= 11 is 4.60. The van der Waals surface area contributed by atoms with Crippen LogP contribution in [0.15, 0.2) is 76.1 Å². The summed E-state index contributed by atoms with van der Waals surface area (Å²) in [6, 6.07) is 13.9. The lowest BCUT2D eigenvalue weighted by molar-refractivity contribution is -0.131. The van der Waals surface area contributed by atoms with Gasteiger partial charge in [-0.05, 0) is 53.4 Å². The molecule has 0 bridgehead atoms. The number of carbonyl (C=O) groups is 2. The second-order valence-corrected chi connectivity index (χ2v) is 10.9. The number of nitrogens with two attached hydrogens (primary N) is 1. The number of aliphatic imine (C=N–C) groups is 1. The maximum absolute atomic E-state index is 12.9. The van der Waals surface area contributed by atoms with Gasteiger partial charge in [-0.2, -0.15) is 5.10 Å². The summed E-state index contributed by atoms with van der Waals surface area (Å²) in [6.07, 6.45) is 6.75. The molecule has 0 saturated carbocycles. The minimum Gasteiger partial charge on any atom is -0.383 e. The fraction of sp³-hybridized carbons (Fsp3) is 0.222. The number of benzene rings is 2. The number of aromatic nitrogens is 3. The number of amides is 2. The molecule has 1 aliphatic rings. The fourth-order valence-corrected chi connectivity index (χ4v) is 5.60. The van der Waals surface area contributed by atoms with Gasteiger partial charge in [0.15, 0.2) is 0 Å². The van der Waals surface area contributed by atoms with Gasteiger partial charge in [-0.25, -0.2) is 9.98 Å². The highest BCUT2D eigenvalue weighted by atomic mass is 79.9. The number of aromatic amines is 1. The van der Waals surface area contributed by atoms with E-state index >= 15 is 0 Å². The van der Waals surface area contributed by atoms with Crippen LogP contribution in [0.5, 0.6) is 0 Å². The number of H-pyrrole nitrogens is 1. The van der Waals surface area contributed by atoms with E-state index in [-0.39, 0.29) is 30.2 Å². The van der Waals surface area contributed by atoms with Crippen molar-refractivity contribution >= 4 is 66.6 Å². The molecular formula is C27H27BrN8O2S. The Morgan fingerprint density at radius 2 is 2.08 bits per heavy atom. The normalized spacial score (nSPS) is 16.1. The molecule has 1 fully saturated rings. The van der Waals surface area contributed by atoms with Crippen LogP contribution in [-0.2, 0) is 4.79 Å². The van der Waals surface area contributed by atoms with Crippen molar-refractivity contribution < 1.29 is 9.59 Å². The standard InChI is InChI=1S/C27H27BrN8O2S/c1-16(12-30-15-23(37)36-11-5-8-21(36)17-6-3-2-4-7-17)25(29)34-27-31-14-22(39-27)26(38)33-24-18-13-32-35-20(18)10-9-19(24)28/h2-4,6-7,9-10,12-14,21,30H,5,8,11,15H2,1H3,(H,32,35)(H,33,38)(H2,29,31,34)/b16-12-. The zero-order chi connectivity index (χ0) is 27.4. The van der Waals surface area contributed by atoms with Crippen molar-refractivity contribution in [2.24, 2.45) is 10.7 Å². The Kier molecular flexibility index (Phi) is 8.03. The molecule has 200 valence electrons. The van der Waals surface area contributed by atoms with Gasteiger partial charge in [-0.1, -0.05) is 41.7 Å². The van der Waals surface area contributed by atoms with Gasteiger partial charge in [0.05, 0.1) is 36.2 Å². The number of hydrogen-bond acceptors (Lipinski definition) is 7. The lowest BCUT2D eigenvalue weighted by Gasteiger charge is -2.25. The third kappa shape index (κ3) is 6.02. The van der Waals surface area contributed by atoms with Crippen LogP contribution in [0.4, 0.5) is 10.8 Å². The first-order valence-corrected chi connectivity index (χ1v) is 14.0. The largest absolute Gasteiger partial charge is 0.383 e. The summed E-state index contributed by atoms with van der Waals surface area (Å²) in [7, 11) is 0. The molecule has 2 aromatic carbocycles. The molecule has 5 N–H and O–H groups in total. The highest BCUT2D eigenvalue weighted by molar-refractivity contribution is 9.10. The predicted octanol–water partition coefficient (Wildman–Crippen LogP) is 4.88. The number of amidine groups is 1. The van der Waals surface area contributed by atoms with E-state index in [1.54, 1.807) is 19.3 Å². The van der Waals surface area contributed by atoms with E-state index < -0.39 is 0 Å². The summed E-state index contributed by atoms with van der Waals surface area (Å²) in [5.41, 5.74) is 9.40. The van der Waals surface area contributed by atoms with Crippen LogP contribution < -0.4 is 16.4 Å². The number of fused-ring (bicyclic) bond motifs is 1. The van der Waals surface area contributed by atoms with E-state index in [1.807, 2.05) is 35.2 Å². The van der Waals surface area contributed by atoms with Crippen molar-refractivity contribution in [3.8, 4) is 0 Å². The van der Waals surface area contributed by atoms with Gasteiger partial charge in [0.2, 0.25) is 11.0 Å². The predicted molar refractivity (Wildman–Crippen MR) is 157 cm³/mol. The highest BCUT2D eigenvalue weighted by Gasteiger charge is 2.29. The number of nitrogens with one attached hydrogen (secondary N) is 3. The Morgan fingerprint density at radius 1 is 1.26 bits per heavy atom. The van der Waals surface area contributed by atoms with Crippen LogP contribution >= 0.6 is 27.3 Å². The first-order valence-electron chi connectivity index (χ1n) is 12.4. The van der Waals surface area contributed by atoms with E-state index in [0.717, 1.165) is 51.7 Å². The van der Waals surface area contributed by atoms with Crippen LogP contribution in [0, 0.1) is 0 Å². The van der Waals surface area contributed by atoms with Crippen molar-refractivity contribution in [1.82, 2.24) is 25.4 Å². The summed E-state index contributed by atoms with van der Waals surface area (Å²) in [4.78, 5) is 36.6. The topological polar surface area (TPSA) is 141 Å². The quantitative estimate of drug-likeness (QED) is 0.166. The summed E-state index contributed by atoms with van der Waals surface area (Å²) in [5, 5.41) is 14.0. The summed E-state index contributed by atoms with van der Waals surface area (Å²) < 4.78 is 0.740. The molecule has 4 aromatic rings. The van der Waals surface area contributed by atoms with Gasteiger partial charge in [-0.15, -0.1) is 0 Å². The van der Waals surface area contributed by atoms with E-state index in [0.29, 0.717) is 21.3 Å². The minimum atomic E-state index is -0.315. The van der Waals surface area contributed by atoms with E-state index in [2.05, 4.69) is 58.9 Å². The summed E-state index contributed by atoms with van der Waals surface area (Å²) in [5.74, 6) is -0.0372. The van der Waals surface area contributed by atoms with Crippen LogP contribution in [0.2, 0.25) is 0 Å². The lowest BCUT2D eigenvalue weighted by atomic mass is 10.0. The van der Waals surface area contributed by atoms with E-state index in [1.165, 1.54) is 6.20 Å². The first-order chi connectivity index (χ1) is 18.9. The number of anilines is 1. The zero-order valence-corrected chi connectivity index (χ0v) is 23.6. The highest BCUT2D eigenvalue weighted by Crippen LogP contribution is 2.32. The molecule has 1 unspecified atom stereocenters. The molecule has 0 spiro atoms. The van der Waals surface area contributed by atoms with Crippen molar-refractivity contribution in [1.29, 1.82) is 0 Å². The number of nitrogens with zero attached hydrogens (tertiary/aromatic N) is 4. The van der Waals surface area contributed by atoms with Crippen molar-refractivity contribution in [3.05, 3.63) is 81.5 Å². The number of likely N-dealkylation sites (tertiary alicyclic amines) is 1. The van der Waals surface area contributed by atoms with Gasteiger partial charge >= 0.3 is 0 Å². The Balaban J connectivity index is 1.18. The van der Waals surface area contributed by atoms with Crippen LogP contribution in [0.1, 0.15) is 41.0 Å². The third-order valence-corrected chi connectivity index (χ3v) is 8.03. The van der Waals surface area contributed by atoms with Gasteiger partial charge < -0.3 is 21.3 Å². The molecule has 0 radical (unpaired) electrons. The van der Waals surface area contributed by atoms with Gasteiger partial charge in [-0.3, -0.25) is 14.7 Å². The minimum absolute atomic E-state index is 0.0363. The molecule has 3 heterocycles. The maximum atomic E-state index is 12.9. The van der Waals surface area contributed by atoms with Crippen molar-refractivity contribution in [2.45, 2.75) is 25.8 Å². The SMILES string of the molecule is CC(=C/NCC(=O)N1CCCC1c1ccccc1)/C(N)=N\c1ncc(C(=O)Nc2c(Br)ccc3[nH]ncc23)s1. The molecule has 1 aliphatic heterocycles. The number of carbonyl (C=O) groups excluding carboxylic acids is 2. The Labute approximate surface area is 237 Å².